The Hall–Kier alpha value is 0.190. The van der Waals surface area contributed by atoms with Crippen molar-refractivity contribution in [3.63, 3.8) is 0 Å². The molecule has 0 saturated carbocycles. The summed E-state index contributed by atoms with van der Waals surface area (Å²) in [5, 5.41) is 17.5. The van der Waals surface area contributed by atoms with Crippen molar-refractivity contribution in [1.29, 1.82) is 0 Å². The Kier molecular flexibility index (Phi) is 11.4. The molecule has 0 amide bonds. The van der Waals surface area contributed by atoms with Crippen LogP contribution in [0.15, 0.2) is 0 Å². The van der Waals surface area contributed by atoms with Gasteiger partial charge in [-0.05, 0) is 6.42 Å². The molecular formula is C9H20O4S. The van der Waals surface area contributed by atoms with Gasteiger partial charge in [-0.15, -0.1) is 0 Å². The predicted octanol–water partition coefficient (Wildman–Crippen LogP) is 0.126. The van der Waals surface area contributed by atoms with E-state index >= 15 is 0 Å². The van der Waals surface area contributed by atoms with Crippen molar-refractivity contribution in [2.24, 2.45) is 0 Å². The maximum absolute atomic E-state index is 9.00. The van der Waals surface area contributed by atoms with Crippen molar-refractivity contribution in [2.45, 2.75) is 12.5 Å². The molecule has 1 unspecified atom stereocenters. The number of aliphatic hydroxyl groups is 2. The van der Waals surface area contributed by atoms with Gasteiger partial charge >= 0.3 is 0 Å². The van der Waals surface area contributed by atoms with Gasteiger partial charge in [0.25, 0.3) is 0 Å². The highest BCUT2D eigenvalue weighted by Gasteiger charge is 2.00. The maximum atomic E-state index is 9.00. The average Bonchev–Trinajstić information content (AvgIpc) is 2.21. The van der Waals surface area contributed by atoms with E-state index in [0.717, 1.165) is 25.4 Å². The molecule has 0 spiro atoms. The molecule has 0 aliphatic carbocycles. The molecule has 5 heteroatoms. The quantitative estimate of drug-likeness (QED) is 0.516. The van der Waals surface area contributed by atoms with E-state index in [1.807, 2.05) is 0 Å². The van der Waals surface area contributed by atoms with E-state index < -0.39 is 6.10 Å². The Balaban J connectivity index is 2.92. The Bertz CT molecular complexity index is 113. The Morgan fingerprint density at radius 3 is 2.71 bits per heavy atom. The highest BCUT2D eigenvalue weighted by molar-refractivity contribution is 7.99. The second-order valence-electron chi connectivity index (χ2n) is 2.87. The Morgan fingerprint density at radius 1 is 1.29 bits per heavy atom. The standard InChI is InChI=1S/C9H20O4S/c1-12-3-2-4-13-5-6-14-8-9(11)7-10/h9-11H,2-8H2,1H3. The third-order valence-electron chi connectivity index (χ3n) is 1.53. The molecule has 0 aliphatic rings. The summed E-state index contributed by atoms with van der Waals surface area (Å²) < 4.78 is 10.2. The number of hydrogen-bond acceptors (Lipinski definition) is 5. The Labute approximate surface area is 89.6 Å². The van der Waals surface area contributed by atoms with E-state index in [9.17, 15) is 0 Å². The van der Waals surface area contributed by atoms with Gasteiger partial charge in [0.05, 0.1) is 19.3 Å². The lowest BCUT2D eigenvalue weighted by atomic mass is 10.4. The molecule has 14 heavy (non-hydrogen) atoms. The van der Waals surface area contributed by atoms with Gasteiger partial charge in [0.2, 0.25) is 0 Å². The summed E-state index contributed by atoms with van der Waals surface area (Å²) in [5.74, 6) is 1.42. The fourth-order valence-corrected chi connectivity index (χ4v) is 1.58. The molecule has 0 aromatic carbocycles. The van der Waals surface area contributed by atoms with Crippen molar-refractivity contribution >= 4 is 11.8 Å². The molecule has 86 valence electrons. The first-order valence-corrected chi connectivity index (χ1v) is 5.90. The van der Waals surface area contributed by atoms with Gasteiger partial charge in [0, 0.05) is 31.8 Å². The summed E-state index contributed by atoms with van der Waals surface area (Å²) >= 11 is 1.58. The third kappa shape index (κ3) is 10.3. The number of aliphatic hydroxyl groups excluding tert-OH is 2. The van der Waals surface area contributed by atoms with Crippen LogP contribution in [0.3, 0.4) is 0 Å². The second-order valence-corrected chi connectivity index (χ2v) is 4.02. The smallest absolute Gasteiger partial charge is 0.0861 e. The lowest BCUT2D eigenvalue weighted by molar-refractivity contribution is 0.110. The van der Waals surface area contributed by atoms with Gasteiger partial charge in [-0.2, -0.15) is 11.8 Å². The minimum Gasteiger partial charge on any atom is -0.394 e. The average molecular weight is 224 g/mol. The number of thioether (sulfide) groups is 1. The largest absolute Gasteiger partial charge is 0.394 e. The second kappa shape index (κ2) is 11.3. The minimum atomic E-state index is -0.603. The van der Waals surface area contributed by atoms with Crippen molar-refractivity contribution in [3.05, 3.63) is 0 Å². The van der Waals surface area contributed by atoms with E-state index in [4.69, 9.17) is 19.7 Å². The predicted molar refractivity (Wildman–Crippen MR) is 57.7 cm³/mol. The molecule has 0 rings (SSSR count). The van der Waals surface area contributed by atoms with E-state index in [-0.39, 0.29) is 6.61 Å². The van der Waals surface area contributed by atoms with E-state index in [1.54, 1.807) is 18.9 Å². The number of hydrogen-bond donors (Lipinski definition) is 2. The van der Waals surface area contributed by atoms with Crippen LogP contribution in [0.2, 0.25) is 0 Å². The van der Waals surface area contributed by atoms with Gasteiger partial charge in [-0.25, -0.2) is 0 Å². The van der Waals surface area contributed by atoms with Crippen LogP contribution in [-0.2, 0) is 9.47 Å². The zero-order valence-electron chi connectivity index (χ0n) is 8.65. The molecular weight excluding hydrogens is 204 g/mol. The number of methoxy groups -OCH3 is 1. The summed E-state index contributed by atoms with van der Waals surface area (Å²) in [6, 6.07) is 0. The fraction of sp³-hybridized carbons (Fsp3) is 1.00. The van der Waals surface area contributed by atoms with E-state index in [1.165, 1.54) is 0 Å². The molecule has 4 nitrogen and oxygen atoms in total. The highest BCUT2D eigenvalue weighted by atomic mass is 32.2. The normalized spacial score (nSPS) is 13.1. The van der Waals surface area contributed by atoms with Crippen LogP contribution in [0.25, 0.3) is 0 Å². The topological polar surface area (TPSA) is 58.9 Å². The van der Waals surface area contributed by atoms with Crippen LogP contribution < -0.4 is 0 Å². The summed E-state index contributed by atoms with van der Waals surface area (Å²) in [6.07, 6.45) is 0.314. The first kappa shape index (κ1) is 14.2. The molecule has 2 N–H and O–H groups in total. The fourth-order valence-electron chi connectivity index (χ4n) is 0.797. The van der Waals surface area contributed by atoms with Gasteiger partial charge in [0.15, 0.2) is 0 Å². The molecule has 0 fully saturated rings. The first-order chi connectivity index (χ1) is 6.81. The number of ether oxygens (including phenoxy) is 2. The van der Waals surface area contributed by atoms with Crippen LogP contribution >= 0.6 is 11.8 Å². The van der Waals surface area contributed by atoms with Gasteiger partial charge in [0.1, 0.15) is 0 Å². The van der Waals surface area contributed by atoms with Crippen LogP contribution in [-0.4, -0.2) is 61.4 Å². The first-order valence-electron chi connectivity index (χ1n) is 4.74. The molecule has 0 aromatic rings. The van der Waals surface area contributed by atoms with Crippen LogP contribution in [0, 0.1) is 0 Å². The lowest BCUT2D eigenvalue weighted by Crippen LogP contribution is -2.15. The van der Waals surface area contributed by atoms with Crippen LogP contribution in [0.1, 0.15) is 6.42 Å². The minimum absolute atomic E-state index is 0.165. The summed E-state index contributed by atoms with van der Waals surface area (Å²) in [5.41, 5.74) is 0. The molecule has 1 atom stereocenters. The Morgan fingerprint density at radius 2 is 2.07 bits per heavy atom. The molecule has 0 saturated heterocycles. The third-order valence-corrected chi connectivity index (χ3v) is 2.61. The molecule has 0 bridgehead atoms. The van der Waals surface area contributed by atoms with Crippen molar-refractivity contribution in [3.8, 4) is 0 Å². The molecule has 0 radical (unpaired) electrons. The zero-order valence-corrected chi connectivity index (χ0v) is 9.46. The summed E-state index contributed by atoms with van der Waals surface area (Å²) in [7, 11) is 1.67. The van der Waals surface area contributed by atoms with Crippen LogP contribution in [0.4, 0.5) is 0 Å². The van der Waals surface area contributed by atoms with Crippen molar-refractivity contribution < 1.29 is 19.7 Å². The van der Waals surface area contributed by atoms with Crippen molar-refractivity contribution in [2.75, 3.05) is 45.0 Å². The molecule has 0 aromatic heterocycles. The van der Waals surface area contributed by atoms with Crippen molar-refractivity contribution in [1.82, 2.24) is 0 Å². The highest BCUT2D eigenvalue weighted by Crippen LogP contribution is 2.02. The maximum Gasteiger partial charge on any atom is 0.0861 e. The molecule has 0 aliphatic heterocycles. The SMILES string of the molecule is COCCCOCCSCC(O)CO. The monoisotopic (exact) mass is 224 g/mol. The van der Waals surface area contributed by atoms with Crippen LogP contribution in [0.5, 0.6) is 0 Å². The summed E-state index contributed by atoms with van der Waals surface area (Å²) in [4.78, 5) is 0. The van der Waals surface area contributed by atoms with Gasteiger partial charge < -0.3 is 19.7 Å². The summed E-state index contributed by atoms with van der Waals surface area (Å²) in [6.45, 7) is 1.97. The van der Waals surface area contributed by atoms with E-state index in [2.05, 4.69) is 0 Å². The van der Waals surface area contributed by atoms with E-state index in [0.29, 0.717) is 12.4 Å². The van der Waals surface area contributed by atoms with Gasteiger partial charge in [-0.1, -0.05) is 0 Å². The number of rotatable bonds is 10. The lowest BCUT2D eigenvalue weighted by Gasteiger charge is -2.06. The van der Waals surface area contributed by atoms with Gasteiger partial charge in [-0.3, -0.25) is 0 Å². The molecule has 0 heterocycles. The zero-order chi connectivity index (χ0) is 10.6.